The molecule has 0 aliphatic rings. The van der Waals surface area contributed by atoms with Gasteiger partial charge in [0.2, 0.25) is 0 Å². The van der Waals surface area contributed by atoms with E-state index in [-0.39, 0.29) is 5.82 Å². The normalized spacial score (nSPS) is 10.9. The third-order valence-corrected chi connectivity index (χ3v) is 5.17. The number of hydrogen-bond acceptors (Lipinski definition) is 5. The summed E-state index contributed by atoms with van der Waals surface area (Å²) < 4.78 is 20.3. The fourth-order valence-electron chi connectivity index (χ4n) is 3.57. The molecule has 0 bridgehead atoms. The van der Waals surface area contributed by atoms with Crippen molar-refractivity contribution in [1.82, 2.24) is 19.7 Å². The Balaban J connectivity index is 1.71. The van der Waals surface area contributed by atoms with Crippen molar-refractivity contribution in [2.45, 2.75) is 0 Å². The summed E-state index contributed by atoms with van der Waals surface area (Å²) in [5.41, 5.74) is 3.77. The minimum atomic E-state index is -0.324. The Morgan fingerprint density at radius 2 is 1.75 bits per heavy atom. The van der Waals surface area contributed by atoms with E-state index in [1.165, 1.54) is 12.1 Å². The van der Waals surface area contributed by atoms with Crippen molar-refractivity contribution in [1.29, 1.82) is 0 Å². The summed E-state index contributed by atoms with van der Waals surface area (Å²) in [6.07, 6.45) is 4.07. The third kappa shape index (κ3) is 3.50. The summed E-state index contributed by atoms with van der Waals surface area (Å²) in [6, 6.07) is 19.2. The second-order valence-electron chi connectivity index (χ2n) is 7.14. The lowest BCUT2D eigenvalue weighted by molar-refractivity contribution is 0.112. The lowest BCUT2D eigenvalue weighted by atomic mass is 10.0. The number of hydrogen-bond donors (Lipinski definition) is 0. The van der Waals surface area contributed by atoms with Crippen LogP contribution in [0, 0.1) is 5.82 Å². The number of halogens is 1. The molecule has 3 heterocycles. The number of aromatic nitrogens is 4. The number of aldehydes is 1. The molecule has 0 unspecified atom stereocenters. The number of methoxy groups -OCH3 is 1. The van der Waals surface area contributed by atoms with Crippen molar-refractivity contribution in [3.05, 3.63) is 90.5 Å². The van der Waals surface area contributed by atoms with E-state index < -0.39 is 0 Å². The first kappa shape index (κ1) is 19.6. The minimum absolute atomic E-state index is 0.324. The lowest BCUT2D eigenvalue weighted by Crippen LogP contribution is -2.03. The van der Waals surface area contributed by atoms with Gasteiger partial charge in [-0.1, -0.05) is 12.1 Å². The molecule has 5 rings (SSSR count). The van der Waals surface area contributed by atoms with Gasteiger partial charge in [0, 0.05) is 28.9 Å². The van der Waals surface area contributed by atoms with E-state index in [4.69, 9.17) is 9.72 Å². The maximum Gasteiger partial charge on any atom is 0.163 e. The zero-order valence-electron chi connectivity index (χ0n) is 17.1. The molecular formula is C25H17FN4O2. The van der Waals surface area contributed by atoms with Crippen LogP contribution in [0.3, 0.4) is 0 Å². The molecule has 0 radical (unpaired) electrons. The summed E-state index contributed by atoms with van der Waals surface area (Å²) in [6.45, 7) is 0. The summed E-state index contributed by atoms with van der Waals surface area (Å²) in [7, 11) is 1.59. The second kappa shape index (κ2) is 8.03. The Hall–Kier alpha value is -4.39. The number of nitrogens with zero attached hydrogens (tertiary/aromatic N) is 4. The van der Waals surface area contributed by atoms with Crippen molar-refractivity contribution in [3.8, 4) is 34.0 Å². The Morgan fingerprint density at radius 3 is 2.47 bits per heavy atom. The topological polar surface area (TPSA) is 69.9 Å². The van der Waals surface area contributed by atoms with Crippen LogP contribution in [0.5, 0.6) is 5.75 Å². The molecule has 0 N–H and O–H groups in total. The largest absolute Gasteiger partial charge is 0.497 e. The van der Waals surface area contributed by atoms with Crippen LogP contribution in [0.1, 0.15) is 10.4 Å². The van der Waals surface area contributed by atoms with E-state index in [1.54, 1.807) is 36.3 Å². The second-order valence-corrected chi connectivity index (χ2v) is 7.14. The average molecular weight is 424 g/mol. The van der Waals surface area contributed by atoms with Crippen LogP contribution >= 0.6 is 0 Å². The van der Waals surface area contributed by atoms with Gasteiger partial charge in [-0.3, -0.25) is 4.79 Å². The Bertz CT molecular complexity index is 1430. The van der Waals surface area contributed by atoms with Gasteiger partial charge in [-0.2, -0.15) is 5.10 Å². The number of carbonyl (C=O) groups is 1. The number of pyridine rings is 2. The van der Waals surface area contributed by atoms with Crippen molar-refractivity contribution in [2.75, 3.05) is 7.11 Å². The molecule has 7 heteroatoms. The van der Waals surface area contributed by atoms with Gasteiger partial charge >= 0.3 is 0 Å². The first-order chi connectivity index (χ1) is 15.7. The molecular weight excluding hydrogens is 407 g/mol. The molecule has 0 atom stereocenters. The van der Waals surface area contributed by atoms with Gasteiger partial charge in [0.05, 0.1) is 12.7 Å². The van der Waals surface area contributed by atoms with Crippen molar-refractivity contribution >= 4 is 17.3 Å². The molecule has 3 aromatic heterocycles. The Labute approximate surface area is 183 Å². The Morgan fingerprint density at radius 1 is 1.00 bits per heavy atom. The van der Waals surface area contributed by atoms with Crippen LogP contribution in [0.25, 0.3) is 39.2 Å². The SMILES string of the molecule is COc1ccc(-c2nn(-c3nc4ncccc4cc3-c3ccc(F)cc3)cc2C=O)cc1. The molecule has 0 aliphatic heterocycles. The van der Waals surface area contributed by atoms with E-state index >= 15 is 0 Å². The quantitative estimate of drug-likeness (QED) is 0.367. The fourth-order valence-corrected chi connectivity index (χ4v) is 3.57. The van der Waals surface area contributed by atoms with Gasteiger partial charge in [-0.25, -0.2) is 19.0 Å². The molecule has 0 saturated heterocycles. The summed E-state index contributed by atoms with van der Waals surface area (Å²) >= 11 is 0. The van der Waals surface area contributed by atoms with E-state index in [9.17, 15) is 9.18 Å². The number of fused-ring (bicyclic) bond motifs is 1. The standard InChI is InChI=1S/C25H17FN4O2/c1-32-21-10-6-17(7-11-21)23-19(15-31)14-30(29-23)25-22(16-4-8-20(26)9-5-16)13-18-3-2-12-27-24(18)28-25/h2-15H,1H3. The number of rotatable bonds is 5. The summed E-state index contributed by atoms with van der Waals surface area (Å²) in [4.78, 5) is 20.9. The predicted molar refractivity (Wildman–Crippen MR) is 119 cm³/mol. The molecule has 0 spiro atoms. The van der Waals surface area contributed by atoms with Crippen molar-refractivity contribution in [3.63, 3.8) is 0 Å². The fraction of sp³-hybridized carbons (Fsp3) is 0.0400. The average Bonchev–Trinajstić information content (AvgIpc) is 3.28. The zero-order valence-corrected chi connectivity index (χ0v) is 17.1. The van der Waals surface area contributed by atoms with E-state index in [2.05, 4.69) is 10.1 Å². The summed E-state index contributed by atoms with van der Waals surface area (Å²) in [5.74, 6) is 0.877. The number of benzene rings is 2. The highest BCUT2D eigenvalue weighted by Gasteiger charge is 2.17. The maximum atomic E-state index is 13.5. The molecule has 6 nitrogen and oxygen atoms in total. The molecule has 0 amide bonds. The molecule has 0 fully saturated rings. The van der Waals surface area contributed by atoms with Crippen LogP contribution in [0.4, 0.5) is 4.39 Å². The van der Waals surface area contributed by atoms with E-state index in [0.717, 1.165) is 28.4 Å². The van der Waals surface area contributed by atoms with Crippen molar-refractivity contribution in [2.24, 2.45) is 0 Å². The highest BCUT2D eigenvalue weighted by Crippen LogP contribution is 2.31. The van der Waals surface area contributed by atoms with Crippen LogP contribution < -0.4 is 4.74 Å². The van der Waals surface area contributed by atoms with Gasteiger partial charge in [-0.05, 0) is 60.2 Å². The molecule has 5 aromatic rings. The van der Waals surface area contributed by atoms with Gasteiger partial charge in [-0.15, -0.1) is 0 Å². The highest BCUT2D eigenvalue weighted by atomic mass is 19.1. The molecule has 156 valence electrons. The van der Waals surface area contributed by atoms with E-state index in [0.29, 0.717) is 28.5 Å². The van der Waals surface area contributed by atoms with Crippen LogP contribution in [-0.4, -0.2) is 33.1 Å². The van der Waals surface area contributed by atoms with Crippen molar-refractivity contribution < 1.29 is 13.9 Å². The van der Waals surface area contributed by atoms with Gasteiger partial charge in [0.1, 0.15) is 17.3 Å². The number of carbonyl (C=O) groups excluding carboxylic acids is 1. The lowest BCUT2D eigenvalue weighted by Gasteiger charge is -2.11. The van der Waals surface area contributed by atoms with E-state index in [1.807, 2.05) is 42.5 Å². The van der Waals surface area contributed by atoms with Gasteiger partial charge < -0.3 is 4.74 Å². The molecule has 0 aliphatic carbocycles. The third-order valence-electron chi connectivity index (χ3n) is 5.17. The van der Waals surface area contributed by atoms with Crippen LogP contribution in [0.15, 0.2) is 79.1 Å². The molecule has 0 saturated carbocycles. The zero-order chi connectivity index (χ0) is 22.1. The summed E-state index contributed by atoms with van der Waals surface area (Å²) in [5, 5.41) is 5.51. The molecule has 32 heavy (non-hydrogen) atoms. The first-order valence-corrected chi connectivity index (χ1v) is 9.87. The van der Waals surface area contributed by atoms with Crippen LogP contribution in [0.2, 0.25) is 0 Å². The maximum absolute atomic E-state index is 13.5. The monoisotopic (exact) mass is 424 g/mol. The molecule has 2 aromatic carbocycles. The predicted octanol–water partition coefficient (Wildman–Crippen LogP) is 5.11. The highest BCUT2D eigenvalue weighted by molar-refractivity contribution is 5.87. The van der Waals surface area contributed by atoms with Gasteiger partial charge in [0.15, 0.2) is 17.8 Å². The number of ether oxygens (including phenoxy) is 1. The van der Waals surface area contributed by atoms with Crippen LogP contribution in [-0.2, 0) is 0 Å². The minimum Gasteiger partial charge on any atom is -0.497 e. The first-order valence-electron chi connectivity index (χ1n) is 9.87. The van der Waals surface area contributed by atoms with Gasteiger partial charge in [0.25, 0.3) is 0 Å². The Kier molecular flexibility index (Phi) is 4.91. The smallest absolute Gasteiger partial charge is 0.163 e.